The molecule has 27 heavy (non-hydrogen) atoms. The van der Waals surface area contributed by atoms with Crippen LogP contribution in [0.4, 0.5) is 16.3 Å². The average Bonchev–Trinajstić information content (AvgIpc) is 2.69. The van der Waals surface area contributed by atoms with Crippen LogP contribution in [0.2, 0.25) is 0 Å². The Morgan fingerprint density at radius 3 is 2.85 bits per heavy atom. The molecule has 0 unspecified atom stereocenters. The van der Waals surface area contributed by atoms with Crippen LogP contribution in [0.3, 0.4) is 0 Å². The molecule has 138 valence electrons. The highest BCUT2D eigenvalue weighted by Crippen LogP contribution is 2.19. The molecule has 0 atom stereocenters. The van der Waals surface area contributed by atoms with E-state index in [4.69, 9.17) is 10.6 Å². The highest BCUT2D eigenvalue weighted by Gasteiger charge is 2.24. The number of carbonyl (C=O) groups excluding carboxylic acids is 2. The molecule has 1 aromatic carbocycles. The highest BCUT2D eigenvalue weighted by molar-refractivity contribution is 6.38. The van der Waals surface area contributed by atoms with E-state index in [1.165, 1.54) is 18.2 Å². The molecule has 2 heterocycles. The first kappa shape index (κ1) is 18.1. The molecular formula is C18H18N6O3. The Bertz CT molecular complexity index is 925. The minimum absolute atomic E-state index is 0.247. The van der Waals surface area contributed by atoms with Crippen LogP contribution >= 0.6 is 0 Å². The maximum Gasteiger partial charge on any atom is 0.328 e. The SMILES string of the molecule is COc1cccc(N=C/C(=N\N)c2cccc(N3CCC(=O)NC3=O)c2)n1. The Balaban J connectivity index is 1.83. The van der Waals surface area contributed by atoms with Gasteiger partial charge in [0.25, 0.3) is 0 Å². The van der Waals surface area contributed by atoms with Crippen molar-refractivity contribution in [2.75, 3.05) is 18.6 Å². The molecule has 1 aliphatic rings. The average molecular weight is 366 g/mol. The Morgan fingerprint density at radius 2 is 2.11 bits per heavy atom. The second-order valence-corrected chi connectivity index (χ2v) is 5.62. The number of carbonyl (C=O) groups is 2. The van der Waals surface area contributed by atoms with E-state index in [1.54, 1.807) is 42.5 Å². The standard InChI is InChI=1S/C18H18N6O3/c1-27-17-7-3-6-15(21-17)20-11-14(23-19)12-4-2-5-13(10-12)24-9-8-16(25)22-18(24)26/h2-7,10-11H,8-9,19H2,1H3,(H,22,25,26)/b20-11?,23-14+. The summed E-state index contributed by atoms with van der Waals surface area (Å²) >= 11 is 0. The number of nitrogens with zero attached hydrogens (tertiary/aromatic N) is 4. The van der Waals surface area contributed by atoms with E-state index < -0.39 is 6.03 Å². The molecule has 9 heteroatoms. The third-order valence-electron chi connectivity index (χ3n) is 3.88. The molecule has 3 amide bonds. The molecule has 0 saturated carbocycles. The van der Waals surface area contributed by atoms with Gasteiger partial charge in [-0.25, -0.2) is 9.79 Å². The first-order valence-electron chi connectivity index (χ1n) is 8.15. The van der Waals surface area contributed by atoms with Gasteiger partial charge < -0.3 is 10.6 Å². The number of methoxy groups -OCH3 is 1. The lowest BCUT2D eigenvalue weighted by atomic mass is 10.1. The number of rotatable bonds is 5. The number of ether oxygens (including phenoxy) is 1. The molecule has 1 fully saturated rings. The van der Waals surface area contributed by atoms with Gasteiger partial charge >= 0.3 is 6.03 Å². The molecule has 0 radical (unpaired) electrons. The van der Waals surface area contributed by atoms with Gasteiger partial charge in [0.2, 0.25) is 11.8 Å². The zero-order chi connectivity index (χ0) is 19.2. The van der Waals surface area contributed by atoms with E-state index in [0.717, 1.165) is 0 Å². The topological polar surface area (TPSA) is 122 Å². The maximum absolute atomic E-state index is 12.0. The minimum Gasteiger partial charge on any atom is -0.481 e. The van der Waals surface area contributed by atoms with E-state index >= 15 is 0 Å². The molecule has 0 bridgehead atoms. The monoisotopic (exact) mass is 366 g/mol. The molecule has 0 spiro atoms. The third kappa shape index (κ3) is 4.27. The zero-order valence-electron chi connectivity index (χ0n) is 14.6. The van der Waals surface area contributed by atoms with E-state index in [9.17, 15) is 9.59 Å². The quantitative estimate of drug-likeness (QED) is 0.473. The second-order valence-electron chi connectivity index (χ2n) is 5.62. The summed E-state index contributed by atoms with van der Waals surface area (Å²) in [5, 5.41) is 6.06. The predicted octanol–water partition coefficient (Wildman–Crippen LogP) is 1.60. The Morgan fingerprint density at radius 1 is 1.30 bits per heavy atom. The number of anilines is 1. The van der Waals surface area contributed by atoms with E-state index in [0.29, 0.717) is 35.2 Å². The van der Waals surface area contributed by atoms with Gasteiger partial charge in [0.05, 0.1) is 13.3 Å². The van der Waals surface area contributed by atoms with Crippen molar-refractivity contribution >= 4 is 35.4 Å². The van der Waals surface area contributed by atoms with Gasteiger partial charge in [-0.15, -0.1) is 0 Å². The van der Waals surface area contributed by atoms with Crippen molar-refractivity contribution in [3.63, 3.8) is 0 Å². The Hall–Kier alpha value is -3.75. The number of aromatic nitrogens is 1. The minimum atomic E-state index is -0.455. The van der Waals surface area contributed by atoms with Gasteiger partial charge in [0.1, 0.15) is 5.71 Å². The number of imide groups is 1. The number of pyridine rings is 1. The van der Waals surface area contributed by atoms with Crippen molar-refractivity contribution in [1.82, 2.24) is 10.3 Å². The molecule has 1 aromatic heterocycles. The Labute approximate surface area is 155 Å². The maximum atomic E-state index is 12.0. The van der Waals surface area contributed by atoms with Crippen molar-refractivity contribution in [2.45, 2.75) is 6.42 Å². The molecule has 9 nitrogen and oxygen atoms in total. The normalized spacial score (nSPS) is 15.1. The Kier molecular flexibility index (Phi) is 5.41. The van der Waals surface area contributed by atoms with Crippen LogP contribution in [-0.4, -0.2) is 42.5 Å². The number of nitrogens with two attached hydrogens (primary N) is 1. The van der Waals surface area contributed by atoms with Crippen LogP contribution in [0.15, 0.2) is 52.6 Å². The summed E-state index contributed by atoms with van der Waals surface area (Å²) in [6.07, 6.45) is 1.73. The molecule has 3 rings (SSSR count). The third-order valence-corrected chi connectivity index (χ3v) is 3.88. The number of amides is 3. The fourth-order valence-electron chi connectivity index (χ4n) is 2.54. The van der Waals surface area contributed by atoms with E-state index in [1.807, 2.05) is 0 Å². The number of benzene rings is 1. The fourth-order valence-corrected chi connectivity index (χ4v) is 2.54. The molecule has 1 saturated heterocycles. The fraction of sp³-hybridized carbons (Fsp3) is 0.167. The molecule has 2 aromatic rings. The largest absolute Gasteiger partial charge is 0.481 e. The number of hydrogen-bond acceptors (Lipinski definition) is 7. The molecule has 1 aliphatic heterocycles. The lowest BCUT2D eigenvalue weighted by molar-refractivity contribution is -0.120. The first-order valence-corrected chi connectivity index (χ1v) is 8.15. The molecule has 0 aliphatic carbocycles. The van der Waals surface area contributed by atoms with Crippen LogP contribution in [0.5, 0.6) is 5.88 Å². The van der Waals surface area contributed by atoms with Crippen molar-refractivity contribution in [1.29, 1.82) is 0 Å². The molecule has 3 N–H and O–H groups in total. The van der Waals surface area contributed by atoms with Crippen molar-refractivity contribution < 1.29 is 14.3 Å². The van der Waals surface area contributed by atoms with Gasteiger partial charge in [-0.05, 0) is 18.2 Å². The lowest BCUT2D eigenvalue weighted by Crippen LogP contribution is -2.49. The van der Waals surface area contributed by atoms with E-state index in [-0.39, 0.29) is 12.3 Å². The predicted molar refractivity (Wildman–Crippen MR) is 102 cm³/mol. The zero-order valence-corrected chi connectivity index (χ0v) is 14.6. The molecular weight excluding hydrogens is 348 g/mol. The number of hydrogen-bond donors (Lipinski definition) is 2. The summed E-state index contributed by atoms with van der Waals surface area (Å²) in [6, 6.07) is 11.9. The van der Waals surface area contributed by atoms with Crippen LogP contribution in [0.1, 0.15) is 12.0 Å². The summed E-state index contributed by atoms with van der Waals surface area (Å²) in [4.78, 5) is 33.3. The number of hydrazone groups is 1. The smallest absolute Gasteiger partial charge is 0.328 e. The van der Waals surface area contributed by atoms with Crippen LogP contribution in [-0.2, 0) is 4.79 Å². The van der Waals surface area contributed by atoms with Crippen molar-refractivity contribution in [2.24, 2.45) is 15.9 Å². The van der Waals surface area contributed by atoms with Crippen LogP contribution in [0.25, 0.3) is 0 Å². The van der Waals surface area contributed by atoms with Crippen molar-refractivity contribution in [3.05, 3.63) is 48.0 Å². The first-order chi connectivity index (χ1) is 13.1. The summed E-state index contributed by atoms with van der Waals surface area (Å²) in [6.45, 7) is 0.311. The second kappa shape index (κ2) is 8.09. The van der Waals surface area contributed by atoms with Crippen LogP contribution in [0, 0.1) is 0 Å². The van der Waals surface area contributed by atoms with Gasteiger partial charge in [0.15, 0.2) is 5.82 Å². The lowest BCUT2D eigenvalue weighted by Gasteiger charge is -2.26. The number of nitrogens with one attached hydrogen (secondary N) is 1. The summed E-state index contributed by atoms with van der Waals surface area (Å²) in [5.74, 6) is 6.12. The van der Waals surface area contributed by atoms with Crippen LogP contribution < -0.4 is 20.8 Å². The number of urea groups is 1. The van der Waals surface area contributed by atoms with Gasteiger partial charge in [-0.3, -0.25) is 15.0 Å². The summed E-state index contributed by atoms with van der Waals surface area (Å²) in [5.41, 5.74) is 1.72. The van der Waals surface area contributed by atoms with Gasteiger partial charge in [-0.2, -0.15) is 10.1 Å². The van der Waals surface area contributed by atoms with Gasteiger partial charge in [0, 0.05) is 30.3 Å². The summed E-state index contributed by atoms with van der Waals surface area (Å²) in [7, 11) is 1.53. The summed E-state index contributed by atoms with van der Waals surface area (Å²) < 4.78 is 5.07. The highest BCUT2D eigenvalue weighted by atomic mass is 16.5. The van der Waals surface area contributed by atoms with E-state index in [2.05, 4.69) is 20.4 Å². The van der Waals surface area contributed by atoms with Gasteiger partial charge in [-0.1, -0.05) is 18.2 Å². The number of aliphatic imine (C=N–C) groups is 1. The van der Waals surface area contributed by atoms with Crippen molar-refractivity contribution in [3.8, 4) is 5.88 Å².